The van der Waals surface area contributed by atoms with Crippen molar-refractivity contribution in [1.29, 1.82) is 0 Å². The number of pyridine rings is 1. The van der Waals surface area contributed by atoms with Gasteiger partial charge < -0.3 is 10.1 Å². The molecule has 2 rings (SSSR count). The molecule has 1 aromatic rings. The second-order valence-corrected chi connectivity index (χ2v) is 4.38. The minimum atomic E-state index is -4.42. The Morgan fingerprint density at radius 2 is 2.22 bits per heavy atom. The Bertz CT molecular complexity index is 389. The van der Waals surface area contributed by atoms with Crippen molar-refractivity contribution in [3.05, 3.63) is 23.9 Å². The van der Waals surface area contributed by atoms with Gasteiger partial charge in [0, 0.05) is 18.5 Å². The van der Waals surface area contributed by atoms with Crippen LogP contribution in [0.25, 0.3) is 0 Å². The van der Waals surface area contributed by atoms with E-state index in [1.165, 1.54) is 12.1 Å². The van der Waals surface area contributed by atoms with Crippen molar-refractivity contribution in [1.82, 2.24) is 10.3 Å². The maximum Gasteiger partial charge on any atom is 0.433 e. The van der Waals surface area contributed by atoms with Crippen molar-refractivity contribution in [3.63, 3.8) is 0 Å². The van der Waals surface area contributed by atoms with E-state index in [0.29, 0.717) is 12.5 Å². The standard InChI is InChI=1S/C12H15F3N2O/c13-12(14,15)10-4-1-5-11(17-10)18-8-9-3-2-6-16-7-9/h1,4-5,9,16H,2-3,6-8H2. The van der Waals surface area contributed by atoms with Crippen molar-refractivity contribution in [2.75, 3.05) is 19.7 Å². The summed E-state index contributed by atoms with van der Waals surface area (Å²) in [5, 5.41) is 3.23. The number of nitrogens with zero attached hydrogens (tertiary/aromatic N) is 1. The maximum atomic E-state index is 12.4. The molecule has 0 bridgehead atoms. The third-order valence-corrected chi connectivity index (χ3v) is 2.88. The molecule has 0 aromatic carbocycles. The molecular weight excluding hydrogens is 245 g/mol. The van der Waals surface area contributed by atoms with Crippen LogP contribution in [0.4, 0.5) is 13.2 Å². The summed E-state index contributed by atoms with van der Waals surface area (Å²) in [5.41, 5.74) is -0.915. The molecule has 0 radical (unpaired) electrons. The average Bonchev–Trinajstić information content (AvgIpc) is 2.37. The molecule has 0 spiro atoms. The topological polar surface area (TPSA) is 34.1 Å². The predicted molar refractivity (Wildman–Crippen MR) is 60.3 cm³/mol. The largest absolute Gasteiger partial charge is 0.477 e. The van der Waals surface area contributed by atoms with E-state index in [2.05, 4.69) is 10.3 Å². The van der Waals surface area contributed by atoms with Gasteiger partial charge in [0.25, 0.3) is 0 Å². The van der Waals surface area contributed by atoms with Gasteiger partial charge in [-0.15, -0.1) is 0 Å². The zero-order valence-electron chi connectivity index (χ0n) is 9.83. The van der Waals surface area contributed by atoms with Gasteiger partial charge in [-0.3, -0.25) is 0 Å². The smallest absolute Gasteiger partial charge is 0.433 e. The Kier molecular flexibility index (Phi) is 4.06. The zero-order valence-corrected chi connectivity index (χ0v) is 9.83. The van der Waals surface area contributed by atoms with Crippen LogP contribution < -0.4 is 10.1 Å². The van der Waals surface area contributed by atoms with Crippen molar-refractivity contribution >= 4 is 0 Å². The second kappa shape index (κ2) is 5.56. The molecule has 1 aliphatic heterocycles. The summed E-state index contributed by atoms with van der Waals surface area (Å²) in [7, 11) is 0. The fourth-order valence-corrected chi connectivity index (χ4v) is 1.92. The van der Waals surface area contributed by atoms with Crippen LogP contribution in [0, 0.1) is 5.92 Å². The lowest BCUT2D eigenvalue weighted by molar-refractivity contribution is -0.141. The first-order valence-corrected chi connectivity index (χ1v) is 5.93. The van der Waals surface area contributed by atoms with Crippen LogP contribution in [-0.4, -0.2) is 24.7 Å². The van der Waals surface area contributed by atoms with E-state index in [9.17, 15) is 13.2 Å². The highest BCUT2D eigenvalue weighted by Crippen LogP contribution is 2.28. The van der Waals surface area contributed by atoms with Gasteiger partial charge in [-0.2, -0.15) is 13.2 Å². The van der Waals surface area contributed by atoms with Gasteiger partial charge in [0.05, 0.1) is 6.61 Å². The molecular formula is C12H15F3N2O. The Morgan fingerprint density at radius 1 is 1.39 bits per heavy atom. The fraction of sp³-hybridized carbons (Fsp3) is 0.583. The Balaban J connectivity index is 1.92. The number of halogens is 3. The molecule has 0 aliphatic carbocycles. The van der Waals surface area contributed by atoms with Crippen LogP contribution in [0.15, 0.2) is 18.2 Å². The average molecular weight is 260 g/mol. The van der Waals surface area contributed by atoms with Gasteiger partial charge in [0.2, 0.25) is 5.88 Å². The van der Waals surface area contributed by atoms with E-state index in [1.54, 1.807) is 0 Å². The van der Waals surface area contributed by atoms with Gasteiger partial charge >= 0.3 is 6.18 Å². The third kappa shape index (κ3) is 3.60. The maximum absolute atomic E-state index is 12.4. The monoisotopic (exact) mass is 260 g/mol. The molecule has 1 N–H and O–H groups in total. The predicted octanol–water partition coefficient (Wildman–Crippen LogP) is 2.48. The number of rotatable bonds is 3. The van der Waals surface area contributed by atoms with E-state index < -0.39 is 11.9 Å². The lowest BCUT2D eigenvalue weighted by Gasteiger charge is -2.22. The summed E-state index contributed by atoms with van der Waals surface area (Å²) in [5.74, 6) is 0.380. The fourth-order valence-electron chi connectivity index (χ4n) is 1.92. The van der Waals surface area contributed by atoms with Gasteiger partial charge in [-0.25, -0.2) is 4.98 Å². The zero-order chi connectivity index (χ0) is 13.0. The summed E-state index contributed by atoms with van der Waals surface area (Å²) in [6, 6.07) is 3.70. The number of hydrogen-bond acceptors (Lipinski definition) is 3. The molecule has 0 amide bonds. The number of nitrogens with one attached hydrogen (secondary N) is 1. The normalized spacial score (nSPS) is 20.7. The van der Waals surface area contributed by atoms with Crippen molar-refractivity contribution in [2.45, 2.75) is 19.0 Å². The molecule has 1 unspecified atom stereocenters. The van der Waals surface area contributed by atoms with Crippen LogP contribution in [0.5, 0.6) is 5.88 Å². The first kappa shape index (κ1) is 13.1. The summed E-state index contributed by atoms with van der Waals surface area (Å²) in [6.45, 7) is 2.25. The van der Waals surface area contributed by atoms with Crippen LogP contribution in [0.1, 0.15) is 18.5 Å². The number of aromatic nitrogens is 1. The molecule has 6 heteroatoms. The number of alkyl halides is 3. The van der Waals surface area contributed by atoms with Crippen LogP contribution in [0.3, 0.4) is 0 Å². The van der Waals surface area contributed by atoms with Crippen LogP contribution in [-0.2, 0) is 6.18 Å². The highest BCUT2D eigenvalue weighted by atomic mass is 19.4. The van der Waals surface area contributed by atoms with E-state index in [1.807, 2.05) is 0 Å². The molecule has 1 aromatic heterocycles. The first-order chi connectivity index (χ1) is 8.55. The lowest BCUT2D eigenvalue weighted by atomic mass is 10.0. The van der Waals surface area contributed by atoms with E-state index in [0.717, 1.165) is 32.0 Å². The molecule has 2 heterocycles. The van der Waals surface area contributed by atoms with Crippen molar-refractivity contribution < 1.29 is 17.9 Å². The van der Waals surface area contributed by atoms with E-state index in [-0.39, 0.29) is 5.88 Å². The van der Waals surface area contributed by atoms with Crippen LogP contribution in [0.2, 0.25) is 0 Å². The highest BCUT2D eigenvalue weighted by Gasteiger charge is 2.32. The number of hydrogen-bond donors (Lipinski definition) is 1. The SMILES string of the molecule is FC(F)(F)c1cccc(OCC2CCCNC2)n1. The Labute approximate surface area is 103 Å². The minimum Gasteiger partial charge on any atom is -0.477 e. The second-order valence-electron chi connectivity index (χ2n) is 4.38. The first-order valence-electron chi connectivity index (χ1n) is 5.93. The minimum absolute atomic E-state index is 0.0374. The molecule has 0 saturated carbocycles. The van der Waals surface area contributed by atoms with Gasteiger partial charge in [0.1, 0.15) is 5.69 Å². The Hall–Kier alpha value is -1.30. The third-order valence-electron chi connectivity index (χ3n) is 2.88. The molecule has 1 fully saturated rings. The number of ether oxygens (including phenoxy) is 1. The Morgan fingerprint density at radius 3 is 2.89 bits per heavy atom. The molecule has 3 nitrogen and oxygen atoms in total. The molecule has 100 valence electrons. The quantitative estimate of drug-likeness (QED) is 0.906. The summed E-state index contributed by atoms with van der Waals surface area (Å²) in [6.07, 6.45) is -2.32. The molecule has 1 atom stereocenters. The summed E-state index contributed by atoms with van der Waals surface area (Å²) < 4.78 is 42.6. The molecule has 1 saturated heterocycles. The summed E-state index contributed by atoms with van der Waals surface area (Å²) in [4.78, 5) is 3.46. The lowest BCUT2D eigenvalue weighted by Crippen LogP contribution is -2.33. The van der Waals surface area contributed by atoms with Crippen molar-refractivity contribution in [2.24, 2.45) is 5.92 Å². The highest BCUT2D eigenvalue weighted by molar-refractivity contribution is 5.17. The van der Waals surface area contributed by atoms with E-state index >= 15 is 0 Å². The number of piperidine rings is 1. The van der Waals surface area contributed by atoms with E-state index in [4.69, 9.17) is 4.74 Å². The molecule has 18 heavy (non-hydrogen) atoms. The molecule has 1 aliphatic rings. The van der Waals surface area contributed by atoms with Gasteiger partial charge in [-0.1, -0.05) is 6.07 Å². The van der Waals surface area contributed by atoms with Crippen molar-refractivity contribution in [3.8, 4) is 5.88 Å². The van der Waals surface area contributed by atoms with Gasteiger partial charge in [-0.05, 0) is 25.5 Å². The summed E-state index contributed by atoms with van der Waals surface area (Å²) >= 11 is 0. The van der Waals surface area contributed by atoms with Crippen LogP contribution >= 0.6 is 0 Å². The van der Waals surface area contributed by atoms with Gasteiger partial charge in [0.15, 0.2) is 0 Å².